The first-order valence-electron chi connectivity index (χ1n) is 4.71. The minimum atomic E-state index is -0.378. The van der Waals surface area contributed by atoms with E-state index in [4.69, 9.17) is 0 Å². The number of carbonyl (C=O) groups is 2. The minimum absolute atomic E-state index is 0.0184. The highest BCUT2D eigenvalue weighted by Gasteiger charge is 2.50. The average Bonchev–Trinajstić information content (AvgIpc) is 2.38. The number of hydrogen-bond acceptors (Lipinski definition) is 3. The molecule has 14 heavy (non-hydrogen) atoms. The Bertz CT molecular complexity index is 303. The molecule has 2 rings (SSSR count). The first-order chi connectivity index (χ1) is 6.43. The fourth-order valence-corrected chi connectivity index (χ4v) is 3.22. The number of thioether (sulfide) groups is 1. The Labute approximate surface area is 87.4 Å². The molecule has 4 nitrogen and oxygen atoms in total. The molecule has 0 aromatic heterocycles. The predicted octanol–water partition coefficient (Wildman–Crippen LogP) is 0.185. The number of piperazine rings is 1. The van der Waals surface area contributed by atoms with Crippen LogP contribution in [-0.2, 0) is 9.59 Å². The van der Waals surface area contributed by atoms with E-state index in [0.717, 1.165) is 0 Å². The van der Waals surface area contributed by atoms with Crippen LogP contribution in [0.15, 0.2) is 0 Å². The SMILES string of the molecule is C[C@@H]1NC(=O)[C@@H]2CSC(C)(C)N2C1=O. The number of nitrogens with one attached hydrogen (secondary N) is 1. The van der Waals surface area contributed by atoms with Gasteiger partial charge in [-0.1, -0.05) is 0 Å². The number of rotatable bonds is 0. The highest BCUT2D eigenvalue weighted by Crippen LogP contribution is 2.40. The molecule has 0 radical (unpaired) electrons. The van der Waals surface area contributed by atoms with Gasteiger partial charge >= 0.3 is 0 Å². The largest absolute Gasteiger partial charge is 0.343 e. The maximum absolute atomic E-state index is 11.9. The highest BCUT2D eigenvalue weighted by atomic mass is 32.2. The Morgan fingerprint density at radius 3 is 2.79 bits per heavy atom. The van der Waals surface area contributed by atoms with Crippen LogP contribution in [0.5, 0.6) is 0 Å². The molecule has 2 aliphatic heterocycles. The second kappa shape index (κ2) is 2.89. The van der Waals surface area contributed by atoms with E-state index in [1.807, 2.05) is 13.8 Å². The molecule has 2 aliphatic rings. The van der Waals surface area contributed by atoms with Crippen LogP contribution >= 0.6 is 11.8 Å². The van der Waals surface area contributed by atoms with E-state index in [9.17, 15) is 9.59 Å². The van der Waals surface area contributed by atoms with Gasteiger partial charge in [0.25, 0.3) is 0 Å². The molecule has 0 aliphatic carbocycles. The molecule has 0 spiro atoms. The van der Waals surface area contributed by atoms with E-state index in [1.54, 1.807) is 23.6 Å². The van der Waals surface area contributed by atoms with Crippen molar-refractivity contribution < 1.29 is 9.59 Å². The van der Waals surface area contributed by atoms with Gasteiger partial charge in [0, 0.05) is 5.75 Å². The van der Waals surface area contributed by atoms with Crippen LogP contribution in [-0.4, -0.2) is 39.4 Å². The van der Waals surface area contributed by atoms with Crippen LogP contribution in [0.25, 0.3) is 0 Å². The van der Waals surface area contributed by atoms with Crippen LogP contribution in [0.3, 0.4) is 0 Å². The zero-order chi connectivity index (χ0) is 10.5. The van der Waals surface area contributed by atoms with Gasteiger partial charge in [-0.3, -0.25) is 9.59 Å². The summed E-state index contributed by atoms with van der Waals surface area (Å²) in [5.74, 6) is 0.719. The third-order valence-electron chi connectivity index (χ3n) is 2.76. The lowest BCUT2D eigenvalue weighted by Gasteiger charge is -2.39. The second-order valence-electron chi connectivity index (χ2n) is 4.21. The van der Waals surface area contributed by atoms with Crippen molar-refractivity contribution in [1.82, 2.24) is 10.2 Å². The standard InChI is InChI=1S/C9H14N2O2S/c1-5-8(13)11-6(7(12)10-5)4-14-9(11,2)3/h5-6H,4H2,1-3H3,(H,10,12)/t5-,6-/m0/s1. The maximum atomic E-state index is 11.9. The van der Waals surface area contributed by atoms with E-state index in [1.165, 1.54) is 0 Å². The van der Waals surface area contributed by atoms with E-state index in [2.05, 4.69) is 5.32 Å². The predicted molar refractivity (Wildman–Crippen MR) is 54.8 cm³/mol. The summed E-state index contributed by atoms with van der Waals surface area (Å²) < 4.78 is 0. The number of hydrogen-bond donors (Lipinski definition) is 1. The molecule has 0 unspecified atom stereocenters. The van der Waals surface area contributed by atoms with Crippen molar-refractivity contribution in [2.75, 3.05) is 5.75 Å². The van der Waals surface area contributed by atoms with Crippen molar-refractivity contribution in [3.8, 4) is 0 Å². The molecule has 2 saturated heterocycles. The molecule has 2 fully saturated rings. The smallest absolute Gasteiger partial charge is 0.246 e. The summed E-state index contributed by atoms with van der Waals surface area (Å²) in [6.45, 7) is 5.71. The van der Waals surface area contributed by atoms with Crippen molar-refractivity contribution in [3.05, 3.63) is 0 Å². The molecular weight excluding hydrogens is 200 g/mol. The maximum Gasteiger partial charge on any atom is 0.246 e. The molecule has 5 heteroatoms. The van der Waals surface area contributed by atoms with Gasteiger partial charge in [-0.05, 0) is 20.8 Å². The fourth-order valence-electron chi connectivity index (χ4n) is 1.99. The minimum Gasteiger partial charge on any atom is -0.343 e. The summed E-state index contributed by atoms with van der Waals surface area (Å²) in [5.41, 5.74) is 0. The number of carbonyl (C=O) groups excluding carboxylic acids is 2. The Morgan fingerprint density at radius 1 is 1.50 bits per heavy atom. The molecule has 0 saturated carbocycles. The summed E-state index contributed by atoms with van der Waals surface area (Å²) in [7, 11) is 0. The third-order valence-corrected chi connectivity index (χ3v) is 4.14. The van der Waals surface area contributed by atoms with E-state index in [0.29, 0.717) is 5.75 Å². The molecule has 1 N–H and O–H groups in total. The van der Waals surface area contributed by atoms with Gasteiger partial charge in [0.15, 0.2) is 0 Å². The fraction of sp³-hybridized carbons (Fsp3) is 0.778. The quantitative estimate of drug-likeness (QED) is 0.626. The van der Waals surface area contributed by atoms with Gasteiger partial charge in [0.1, 0.15) is 12.1 Å². The number of nitrogens with zero attached hydrogens (tertiary/aromatic N) is 1. The Hall–Kier alpha value is -0.710. The summed E-state index contributed by atoms with van der Waals surface area (Å²) in [6.07, 6.45) is 0. The first-order valence-corrected chi connectivity index (χ1v) is 5.69. The molecule has 2 atom stereocenters. The second-order valence-corrected chi connectivity index (χ2v) is 5.83. The Morgan fingerprint density at radius 2 is 2.14 bits per heavy atom. The van der Waals surface area contributed by atoms with Crippen LogP contribution < -0.4 is 5.32 Å². The third kappa shape index (κ3) is 1.22. The van der Waals surface area contributed by atoms with Crippen LogP contribution in [0, 0.1) is 0 Å². The van der Waals surface area contributed by atoms with Crippen molar-refractivity contribution in [2.45, 2.75) is 37.7 Å². The number of amides is 2. The zero-order valence-electron chi connectivity index (χ0n) is 8.53. The normalized spacial score (nSPS) is 35.5. The van der Waals surface area contributed by atoms with E-state index < -0.39 is 0 Å². The van der Waals surface area contributed by atoms with Crippen molar-refractivity contribution in [3.63, 3.8) is 0 Å². The Balaban J connectivity index is 2.34. The summed E-state index contributed by atoms with van der Waals surface area (Å²) in [6, 6.07) is -0.643. The van der Waals surface area contributed by atoms with E-state index >= 15 is 0 Å². The highest BCUT2D eigenvalue weighted by molar-refractivity contribution is 8.00. The molecular formula is C9H14N2O2S. The van der Waals surface area contributed by atoms with Gasteiger partial charge in [0.2, 0.25) is 11.8 Å². The van der Waals surface area contributed by atoms with Crippen LogP contribution in [0.2, 0.25) is 0 Å². The molecule has 0 aromatic rings. The van der Waals surface area contributed by atoms with E-state index in [-0.39, 0.29) is 28.8 Å². The van der Waals surface area contributed by atoms with Gasteiger partial charge < -0.3 is 10.2 Å². The molecule has 78 valence electrons. The first kappa shape index (κ1) is 9.83. The monoisotopic (exact) mass is 214 g/mol. The molecule has 2 heterocycles. The van der Waals surface area contributed by atoms with Crippen LogP contribution in [0.4, 0.5) is 0 Å². The summed E-state index contributed by atoms with van der Waals surface area (Å²) >= 11 is 1.66. The molecule has 0 aromatic carbocycles. The average molecular weight is 214 g/mol. The lowest BCUT2D eigenvalue weighted by Crippen LogP contribution is -2.64. The lowest BCUT2D eigenvalue weighted by molar-refractivity contribution is -0.149. The van der Waals surface area contributed by atoms with Gasteiger partial charge in [-0.15, -0.1) is 11.8 Å². The molecule has 0 bridgehead atoms. The Kier molecular flexibility index (Phi) is 2.03. The van der Waals surface area contributed by atoms with Gasteiger partial charge in [-0.2, -0.15) is 0 Å². The van der Waals surface area contributed by atoms with Gasteiger partial charge in [0.05, 0.1) is 4.87 Å². The van der Waals surface area contributed by atoms with Gasteiger partial charge in [-0.25, -0.2) is 0 Å². The van der Waals surface area contributed by atoms with Crippen molar-refractivity contribution in [1.29, 1.82) is 0 Å². The van der Waals surface area contributed by atoms with Crippen molar-refractivity contribution in [2.24, 2.45) is 0 Å². The van der Waals surface area contributed by atoms with Crippen molar-refractivity contribution >= 4 is 23.6 Å². The summed E-state index contributed by atoms with van der Waals surface area (Å²) in [5, 5.41) is 2.69. The zero-order valence-corrected chi connectivity index (χ0v) is 9.35. The topological polar surface area (TPSA) is 49.4 Å². The molecule has 2 amide bonds. The lowest BCUT2D eigenvalue weighted by atomic mass is 10.1. The van der Waals surface area contributed by atoms with Crippen LogP contribution in [0.1, 0.15) is 20.8 Å². The summed E-state index contributed by atoms with van der Waals surface area (Å²) in [4.78, 5) is 24.9. The number of fused-ring (bicyclic) bond motifs is 1.